The van der Waals surface area contributed by atoms with Crippen molar-refractivity contribution >= 4 is 6.09 Å². The fourth-order valence-corrected chi connectivity index (χ4v) is 1.55. The molecule has 1 fully saturated rings. The van der Waals surface area contributed by atoms with Crippen LogP contribution in [0.25, 0.3) is 0 Å². The summed E-state index contributed by atoms with van der Waals surface area (Å²) >= 11 is 0. The van der Waals surface area contributed by atoms with Crippen LogP contribution in [0.15, 0.2) is 0 Å². The number of hydrogen-bond donors (Lipinski definition) is 3. The van der Waals surface area contributed by atoms with Crippen LogP contribution in [-0.4, -0.2) is 35.1 Å². The van der Waals surface area contributed by atoms with Gasteiger partial charge in [0, 0.05) is 6.04 Å². The van der Waals surface area contributed by atoms with Gasteiger partial charge in [0.2, 0.25) is 0 Å². The second-order valence-corrected chi connectivity index (χ2v) is 5.49. The van der Waals surface area contributed by atoms with Gasteiger partial charge >= 0.3 is 6.09 Å². The molecule has 102 valence electrons. The Bertz CT molecular complexity index is 328. The summed E-state index contributed by atoms with van der Waals surface area (Å²) in [6, 6.07) is 1.95. The van der Waals surface area contributed by atoms with Gasteiger partial charge in [-0.2, -0.15) is 5.26 Å². The average Bonchev–Trinajstić information content (AvgIpc) is 2.17. The van der Waals surface area contributed by atoms with E-state index in [-0.39, 0.29) is 6.04 Å². The quantitative estimate of drug-likeness (QED) is 0.511. The Hall–Kier alpha value is -1.32. The SMILES string of the molecule is CC(C)(C)OC(=O)NC(NC1CCC1)C(O)C#N. The van der Waals surface area contributed by atoms with Crippen molar-refractivity contribution in [1.82, 2.24) is 10.6 Å². The summed E-state index contributed by atoms with van der Waals surface area (Å²) in [7, 11) is 0. The van der Waals surface area contributed by atoms with E-state index < -0.39 is 24.0 Å². The number of nitrogens with zero attached hydrogens (tertiary/aromatic N) is 1. The Morgan fingerprint density at radius 2 is 2.11 bits per heavy atom. The average molecular weight is 255 g/mol. The molecule has 0 saturated heterocycles. The number of carbonyl (C=O) groups excluding carboxylic acids is 1. The molecule has 1 amide bonds. The summed E-state index contributed by atoms with van der Waals surface area (Å²) in [5, 5.41) is 23.8. The third-order valence-corrected chi connectivity index (χ3v) is 2.64. The molecule has 1 aliphatic rings. The maximum atomic E-state index is 11.6. The number of nitriles is 1. The Morgan fingerprint density at radius 1 is 1.50 bits per heavy atom. The maximum absolute atomic E-state index is 11.6. The number of aliphatic hydroxyl groups is 1. The Labute approximate surface area is 107 Å². The molecule has 1 saturated carbocycles. The second-order valence-electron chi connectivity index (χ2n) is 5.49. The van der Waals surface area contributed by atoms with Crippen molar-refractivity contribution in [1.29, 1.82) is 5.26 Å². The molecule has 0 heterocycles. The van der Waals surface area contributed by atoms with Crippen molar-refractivity contribution in [2.24, 2.45) is 0 Å². The third kappa shape index (κ3) is 4.90. The minimum Gasteiger partial charge on any atom is -0.444 e. The van der Waals surface area contributed by atoms with Crippen LogP contribution in [0.1, 0.15) is 40.0 Å². The van der Waals surface area contributed by atoms with Crippen molar-refractivity contribution in [2.45, 2.75) is 63.9 Å². The summed E-state index contributed by atoms with van der Waals surface area (Å²) in [6.45, 7) is 5.25. The molecule has 6 heteroatoms. The van der Waals surface area contributed by atoms with E-state index in [1.54, 1.807) is 26.8 Å². The highest BCUT2D eigenvalue weighted by Gasteiger charge is 2.28. The lowest BCUT2D eigenvalue weighted by Gasteiger charge is -2.32. The fraction of sp³-hybridized carbons (Fsp3) is 0.833. The molecule has 18 heavy (non-hydrogen) atoms. The minimum atomic E-state index is -1.29. The number of amides is 1. The molecule has 0 aliphatic heterocycles. The van der Waals surface area contributed by atoms with E-state index in [9.17, 15) is 9.90 Å². The van der Waals surface area contributed by atoms with Crippen molar-refractivity contribution in [3.05, 3.63) is 0 Å². The highest BCUT2D eigenvalue weighted by molar-refractivity contribution is 5.68. The summed E-state index contributed by atoms with van der Waals surface area (Å²) in [5.74, 6) is 0. The summed E-state index contributed by atoms with van der Waals surface area (Å²) in [4.78, 5) is 11.6. The smallest absolute Gasteiger partial charge is 0.409 e. The van der Waals surface area contributed by atoms with Gasteiger partial charge in [0.05, 0.1) is 6.07 Å². The number of hydrogen-bond acceptors (Lipinski definition) is 5. The van der Waals surface area contributed by atoms with Gasteiger partial charge in [-0.05, 0) is 33.6 Å². The van der Waals surface area contributed by atoms with Crippen LogP contribution < -0.4 is 10.6 Å². The van der Waals surface area contributed by atoms with E-state index in [2.05, 4.69) is 10.6 Å². The minimum absolute atomic E-state index is 0.243. The highest BCUT2D eigenvalue weighted by atomic mass is 16.6. The van der Waals surface area contributed by atoms with Crippen LogP contribution in [0.5, 0.6) is 0 Å². The molecule has 2 unspecified atom stereocenters. The molecule has 0 aromatic carbocycles. The van der Waals surface area contributed by atoms with Crippen molar-refractivity contribution in [2.75, 3.05) is 0 Å². The highest BCUT2D eigenvalue weighted by Crippen LogP contribution is 2.18. The summed E-state index contributed by atoms with van der Waals surface area (Å²) in [5.41, 5.74) is -0.608. The lowest BCUT2D eigenvalue weighted by atomic mass is 9.93. The van der Waals surface area contributed by atoms with Crippen molar-refractivity contribution in [3.8, 4) is 6.07 Å². The van der Waals surface area contributed by atoms with Crippen LogP contribution in [0.2, 0.25) is 0 Å². The van der Waals surface area contributed by atoms with Crippen LogP contribution in [-0.2, 0) is 4.74 Å². The lowest BCUT2D eigenvalue weighted by molar-refractivity contribution is 0.0417. The zero-order valence-corrected chi connectivity index (χ0v) is 11.1. The standard InChI is InChI=1S/C12H21N3O3/c1-12(2,3)18-11(17)15-10(9(16)7-13)14-8-5-4-6-8/h8-10,14,16H,4-6H2,1-3H3,(H,15,17). The van der Waals surface area contributed by atoms with Crippen molar-refractivity contribution in [3.63, 3.8) is 0 Å². The molecule has 2 atom stereocenters. The Morgan fingerprint density at radius 3 is 2.50 bits per heavy atom. The molecule has 6 nitrogen and oxygen atoms in total. The first kappa shape index (κ1) is 14.7. The van der Waals surface area contributed by atoms with Gasteiger partial charge in [0.25, 0.3) is 0 Å². The van der Waals surface area contributed by atoms with Gasteiger partial charge in [-0.15, -0.1) is 0 Å². The number of carbonyl (C=O) groups is 1. The monoisotopic (exact) mass is 255 g/mol. The molecule has 1 aliphatic carbocycles. The van der Waals surface area contributed by atoms with Crippen LogP contribution in [0.3, 0.4) is 0 Å². The molecule has 0 spiro atoms. The van der Waals surface area contributed by atoms with E-state index in [1.165, 1.54) is 0 Å². The van der Waals surface area contributed by atoms with E-state index in [1.807, 2.05) is 0 Å². The molecule has 0 radical (unpaired) electrons. The van der Waals surface area contributed by atoms with Gasteiger partial charge < -0.3 is 15.2 Å². The van der Waals surface area contributed by atoms with Gasteiger partial charge in [-0.1, -0.05) is 6.42 Å². The molecule has 0 bridgehead atoms. The largest absolute Gasteiger partial charge is 0.444 e. The molecule has 1 rings (SSSR count). The number of aliphatic hydroxyl groups excluding tert-OH is 1. The molecule has 0 aromatic rings. The summed E-state index contributed by atoms with van der Waals surface area (Å²) < 4.78 is 5.09. The first-order valence-electron chi connectivity index (χ1n) is 6.15. The van der Waals surface area contributed by atoms with Gasteiger partial charge in [-0.3, -0.25) is 5.32 Å². The molecule has 0 aromatic heterocycles. The zero-order valence-electron chi connectivity index (χ0n) is 11.1. The third-order valence-electron chi connectivity index (χ3n) is 2.64. The Balaban J connectivity index is 2.49. The van der Waals surface area contributed by atoms with Crippen molar-refractivity contribution < 1.29 is 14.6 Å². The number of nitrogens with one attached hydrogen (secondary N) is 2. The van der Waals surface area contributed by atoms with E-state index in [0.29, 0.717) is 0 Å². The van der Waals surface area contributed by atoms with Crippen LogP contribution in [0, 0.1) is 11.3 Å². The predicted molar refractivity (Wildman–Crippen MR) is 65.6 cm³/mol. The van der Waals surface area contributed by atoms with E-state index in [4.69, 9.17) is 10.00 Å². The number of ether oxygens (including phenoxy) is 1. The molecular formula is C12H21N3O3. The predicted octanol–water partition coefficient (Wildman–Crippen LogP) is 0.864. The van der Waals surface area contributed by atoms with Gasteiger partial charge in [-0.25, -0.2) is 4.79 Å². The normalized spacial score (nSPS) is 19.3. The topological polar surface area (TPSA) is 94.4 Å². The fourth-order valence-electron chi connectivity index (χ4n) is 1.55. The van der Waals surface area contributed by atoms with E-state index in [0.717, 1.165) is 19.3 Å². The zero-order chi connectivity index (χ0) is 13.8. The first-order chi connectivity index (χ1) is 8.31. The first-order valence-corrected chi connectivity index (χ1v) is 6.15. The maximum Gasteiger partial charge on any atom is 0.409 e. The van der Waals surface area contributed by atoms with Gasteiger partial charge in [0.15, 0.2) is 6.10 Å². The van der Waals surface area contributed by atoms with E-state index >= 15 is 0 Å². The lowest BCUT2D eigenvalue weighted by Crippen LogP contribution is -2.57. The van der Waals surface area contributed by atoms with Gasteiger partial charge in [0.1, 0.15) is 11.8 Å². The molecule has 3 N–H and O–H groups in total. The second kappa shape index (κ2) is 6.03. The summed E-state index contributed by atoms with van der Waals surface area (Å²) in [6.07, 6.45) is 0.372. The number of alkyl carbamates (subject to hydrolysis) is 1. The number of rotatable bonds is 4. The molecular weight excluding hydrogens is 234 g/mol. The Kier molecular flexibility index (Phi) is 4.93. The van der Waals surface area contributed by atoms with Crippen LogP contribution in [0.4, 0.5) is 4.79 Å². The van der Waals surface area contributed by atoms with Crippen LogP contribution >= 0.6 is 0 Å².